The number of carbonyl (C=O) groups is 2. The Balaban J connectivity index is 2.17. The van der Waals surface area contributed by atoms with Crippen molar-refractivity contribution in [3.63, 3.8) is 0 Å². The van der Waals surface area contributed by atoms with E-state index >= 15 is 0 Å². The molecule has 1 aromatic carbocycles. The van der Waals surface area contributed by atoms with Crippen molar-refractivity contribution < 1.29 is 23.5 Å². The molecule has 0 aliphatic rings. The van der Waals surface area contributed by atoms with Crippen LogP contribution in [0.25, 0.3) is 0 Å². The zero-order valence-electron chi connectivity index (χ0n) is 12.4. The Morgan fingerprint density at radius 1 is 1.10 bits per heavy atom. The lowest BCUT2D eigenvalue weighted by atomic mass is 10.2. The van der Waals surface area contributed by atoms with Gasteiger partial charge in [0.1, 0.15) is 0 Å². The monoisotopic (exact) mass is 296 g/mol. The number of hydrogen-bond donors (Lipinski definition) is 0. The number of esters is 2. The van der Waals surface area contributed by atoms with Crippen molar-refractivity contribution in [3.05, 3.63) is 30.1 Å². The van der Waals surface area contributed by atoms with Crippen LogP contribution in [0, 0.1) is 11.7 Å². The molecule has 1 aromatic rings. The van der Waals surface area contributed by atoms with E-state index in [4.69, 9.17) is 9.47 Å². The average Bonchev–Trinajstić information content (AvgIpc) is 2.44. The molecule has 0 saturated carbocycles. The Labute approximate surface area is 124 Å². The summed E-state index contributed by atoms with van der Waals surface area (Å²) < 4.78 is 23.2. The standard InChI is InChI=1S/C16H21FO4/c1-12(2)11-20-15(18)9-5-6-10-16(19)21-14-8-4-3-7-13(14)17/h3-4,7-8,12H,5-6,9-11H2,1-2H3. The van der Waals surface area contributed by atoms with Gasteiger partial charge >= 0.3 is 11.9 Å². The smallest absolute Gasteiger partial charge is 0.311 e. The molecule has 0 heterocycles. The quantitative estimate of drug-likeness (QED) is 0.418. The SMILES string of the molecule is CC(C)COC(=O)CCCCC(=O)Oc1ccccc1F. The summed E-state index contributed by atoms with van der Waals surface area (Å²) >= 11 is 0. The third-order valence-electron chi connectivity index (χ3n) is 2.65. The maximum absolute atomic E-state index is 13.3. The highest BCUT2D eigenvalue weighted by molar-refractivity contribution is 5.72. The number of halogens is 1. The van der Waals surface area contributed by atoms with Crippen LogP contribution < -0.4 is 4.74 Å². The van der Waals surface area contributed by atoms with Crippen molar-refractivity contribution in [2.75, 3.05) is 6.61 Å². The number of hydrogen-bond acceptors (Lipinski definition) is 4. The van der Waals surface area contributed by atoms with E-state index in [0.717, 1.165) is 0 Å². The summed E-state index contributed by atoms with van der Waals surface area (Å²) in [6.07, 6.45) is 1.47. The number of ether oxygens (including phenoxy) is 2. The van der Waals surface area contributed by atoms with Crippen molar-refractivity contribution >= 4 is 11.9 Å². The van der Waals surface area contributed by atoms with E-state index in [1.807, 2.05) is 13.8 Å². The predicted molar refractivity (Wildman–Crippen MR) is 76.3 cm³/mol. The van der Waals surface area contributed by atoms with Gasteiger partial charge in [-0.1, -0.05) is 26.0 Å². The fourth-order valence-electron chi connectivity index (χ4n) is 1.57. The summed E-state index contributed by atoms with van der Waals surface area (Å²) in [5.41, 5.74) is 0. The van der Waals surface area contributed by atoms with Gasteiger partial charge in [0.2, 0.25) is 0 Å². The molecule has 0 aliphatic heterocycles. The summed E-state index contributed by atoms with van der Waals surface area (Å²) in [4.78, 5) is 22.9. The molecule has 0 aliphatic carbocycles. The van der Waals surface area contributed by atoms with Crippen LogP contribution in [0.15, 0.2) is 24.3 Å². The highest BCUT2D eigenvalue weighted by Gasteiger charge is 2.09. The molecule has 0 saturated heterocycles. The van der Waals surface area contributed by atoms with Crippen LogP contribution in [-0.4, -0.2) is 18.5 Å². The first-order valence-corrected chi connectivity index (χ1v) is 7.10. The van der Waals surface area contributed by atoms with E-state index in [0.29, 0.717) is 25.4 Å². The number of rotatable bonds is 8. The normalized spacial score (nSPS) is 10.5. The molecule has 0 amide bonds. The van der Waals surface area contributed by atoms with Gasteiger partial charge in [-0.3, -0.25) is 9.59 Å². The molecule has 0 N–H and O–H groups in total. The lowest BCUT2D eigenvalue weighted by Crippen LogP contribution is -2.11. The minimum atomic E-state index is -0.567. The van der Waals surface area contributed by atoms with Crippen LogP contribution >= 0.6 is 0 Å². The van der Waals surface area contributed by atoms with E-state index in [-0.39, 0.29) is 24.6 Å². The van der Waals surface area contributed by atoms with Gasteiger partial charge in [-0.25, -0.2) is 4.39 Å². The Morgan fingerprint density at radius 2 is 1.71 bits per heavy atom. The number of para-hydroxylation sites is 1. The van der Waals surface area contributed by atoms with Gasteiger partial charge in [-0.05, 0) is 30.9 Å². The molecule has 21 heavy (non-hydrogen) atoms. The van der Waals surface area contributed by atoms with Crippen molar-refractivity contribution in [2.24, 2.45) is 5.92 Å². The number of unbranched alkanes of at least 4 members (excludes halogenated alkanes) is 1. The zero-order valence-corrected chi connectivity index (χ0v) is 12.4. The number of benzene rings is 1. The molecule has 5 heteroatoms. The minimum absolute atomic E-state index is 0.0705. The Hall–Kier alpha value is -1.91. The first-order valence-electron chi connectivity index (χ1n) is 7.10. The molecular weight excluding hydrogens is 275 g/mol. The maximum Gasteiger partial charge on any atom is 0.311 e. The van der Waals surface area contributed by atoms with Crippen molar-refractivity contribution in [1.82, 2.24) is 0 Å². The first kappa shape index (κ1) is 17.1. The van der Waals surface area contributed by atoms with Gasteiger partial charge in [0, 0.05) is 12.8 Å². The van der Waals surface area contributed by atoms with Crippen LogP contribution in [0.2, 0.25) is 0 Å². The fourth-order valence-corrected chi connectivity index (χ4v) is 1.57. The zero-order chi connectivity index (χ0) is 15.7. The van der Waals surface area contributed by atoms with Gasteiger partial charge in [-0.2, -0.15) is 0 Å². The van der Waals surface area contributed by atoms with E-state index in [2.05, 4.69) is 0 Å². The third kappa shape index (κ3) is 7.44. The van der Waals surface area contributed by atoms with E-state index in [1.54, 1.807) is 6.07 Å². The molecule has 0 fully saturated rings. The minimum Gasteiger partial charge on any atom is -0.465 e. The van der Waals surface area contributed by atoms with Crippen LogP contribution in [-0.2, 0) is 14.3 Å². The molecule has 116 valence electrons. The van der Waals surface area contributed by atoms with Crippen molar-refractivity contribution in [2.45, 2.75) is 39.5 Å². The largest absolute Gasteiger partial charge is 0.465 e. The van der Waals surface area contributed by atoms with Crippen LogP contribution in [0.3, 0.4) is 0 Å². The second-order valence-corrected chi connectivity index (χ2v) is 5.19. The maximum atomic E-state index is 13.3. The van der Waals surface area contributed by atoms with E-state index in [1.165, 1.54) is 18.2 Å². The molecule has 0 bridgehead atoms. The molecule has 4 nitrogen and oxygen atoms in total. The molecule has 0 atom stereocenters. The lowest BCUT2D eigenvalue weighted by Gasteiger charge is -2.07. The molecular formula is C16H21FO4. The van der Waals surface area contributed by atoms with Gasteiger partial charge in [-0.15, -0.1) is 0 Å². The summed E-state index contributed by atoms with van der Waals surface area (Å²) in [6, 6.07) is 5.75. The van der Waals surface area contributed by atoms with Crippen LogP contribution in [0.4, 0.5) is 4.39 Å². The fraction of sp³-hybridized carbons (Fsp3) is 0.500. The van der Waals surface area contributed by atoms with E-state index < -0.39 is 11.8 Å². The van der Waals surface area contributed by atoms with Crippen LogP contribution in [0.5, 0.6) is 5.75 Å². The summed E-state index contributed by atoms with van der Waals surface area (Å²) in [6.45, 7) is 4.34. The molecule has 0 radical (unpaired) electrons. The lowest BCUT2D eigenvalue weighted by molar-refractivity contribution is -0.145. The predicted octanol–water partition coefficient (Wildman–Crippen LogP) is 3.49. The molecule has 1 rings (SSSR count). The second-order valence-electron chi connectivity index (χ2n) is 5.19. The number of carbonyl (C=O) groups excluding carboxylic acids is 2. The summed E-state index contributed by atoms with van der Waals surface area (Å²) in [5.74, 6) is -1.09. The Morgan fingerprint density at radius 3 is 2.33 bits per heavy atom. The Bertz CT molecular complexity index is 471. The topological polar surface area (TPSA) is 52.6 Å². The highest BCUT2D eigenvalue weighted by atomic mass is 19.1. The van der Waals surface area contributed by atoms with Gasteiger partial charge < -0.3 is 9.47 Å². The van der Waals surface area contributed by atoms with Crippen molar-refractivity contribution in [3.8, 4) is 5.75 Å². The van der Waals surface area contributed by atoms with E-state index in [9.17, 15) is 14.0 Å². The van der Waals surface area contributed by atoms with Crippen molar-refractivity contribution in [1.29, 1.82) is 0 Å². The third-order valence-corrected chi connectivity index (χ3v) is 2.65. The highest BCUT2D eigenvalue weighted by Crippen LogP contribution is 2.16. The van der Waals surface area contributed by atoms with Gasteiger partial charge in [0.25, 0.3) is 0 Å². The summed E-state index contributed by atoms with van der Waals surface area (Å²) in [7, 11) is 0. The molecule has 0 unspecified atom stereocenters. The first-order chi connectivity index (χ1) is 9.99. The summed E-state index contributed by atoms with van der Waals surface area (Å²) in [5, 5.41) is 0. The molecule has 0 aromatic heterocycles. The second kappa shape index (κ2) is 9.10. The van der Waals surface area contributed by atoms with Crippen LogP contribution in [0.1, 0.15) is 39.5 Å². The average molecular weight is 296 g/mol. The molecule has 0 spiro atoms. The van der Waals surface area contributed by atoms with Gasteiger partial charge in [0.05, 0.1) is 6.61 Å². The van der Waals surface area contributed by atoms with Gasteiger partial charge in [0.15, 0.2) is 11.6 Å². The Kier molecular flexibility index (Phi) is 7.43.